The van der Waals surface area contributed by atoms with E-state index in [9.17, 15) is 23.1 Å². The fourth-order valence-electron chi connectivity index (χ4n) is 3.03. The first-order valence-electron chi connectivity index (χ1n) is 7.74. The zero-order chi connectivity index (χ0) is 18.1. The Hall–Kier alpha value is -1.77. The van der Waals surface area contributed by atoms with Gasteiger partial charge in [-0.3, -0.25) is 14.5 Å². The Morgan fingerprint density at radius 1 is 1.29 bits per heavy atom. The number of carboxylic acids is 1. The number of nitrogens with zero attached hydrogens (tertiary/aromatic N) is 1. The molecule has 1 aliphatic rings. The van der Waals surface area contributed by atoms with Crippen LogP contribution in [0.4, 0.5) is 0 Å². The van der Waals surface area contributed by atoms with Crippen LogP contribution in [0.2, 0.25) is 0 Å². The minimum absolute atomic E-state index is 0.00916. The van der Waals surface area contributed by atoms with Crippen molar-refractivity contribution >= 4 is 21.8 Å². The van der Waals surface area contributed by atoms with Gasteiger partial charge in [0, 0.05) is 24.2 Å². The summed E-state index contributed by atoms with van der Waals surface area (Å²) in [7, 11) is -3.91. The van der Waals surface area contributed by atoms with Gasteiger partial charge in [-0.25, -0.2) is 13.1 Å². The van der Waals surface area contributed by atoms with Gasteiger partial charge in [0.25, 0.3) is 0 Å². The van der Waals surface area contributed by atoms with Crippen molar-refractivity contribution in [1.29, 1.82) is 0 Å². The van der Waals surface area contributed by atoms with Crippen LogP contribution in [0, 0.1) is 0 Å². The molecule has 2 N–H and O–H groups in total. The third kappa shape index (κ3) is 3.82. The van der Waals surface area contributed by atoms with Gasteiger partial charge in [-0.15, -0.1) is 0 Å². The maximum absolute atomic E-state index is 12.6. The highest BCUT2D eigenvalue weighted by Crippen LogP contribution is 2.23. The fraction of sp³-hybridized carbons (Fsp3) is 0.500. The van der Waals surface area contributed by atoms with E-state index >= 15 is 0 Å². The molecule has 8 heteroatoms. The van der Waals surface area contributed by atoms with Crippen molar-refractivity contribution < 1.29 is 23.1 Å². The first kappa shape index (κ1) is 18.6. The van der Waals surface area contributed by atoms with Crippen LogP contribution in [0.1, 0.15) is 37.6 Å². The molecule has 2 atom stereocenters. The Balaban J connectivity index is 2.25. The highest BCUT2D eigenvalue weighted by Gasteiger charge is 2.40. The molecule has 24 heavy (non-hydrogen) atoms. The third-order valence-electron chi connectivity index (χ3n) is 4.17. The van der Waals surface area contributed by atoms with Crippen molar-refractivity contribution in [2.24, 2.45) is 0 Å². The monoisotopic (exact) mass is 354 g/mol. The highest BCUT2D eigenvalue weighted by molar-refractivity contribution is 7.89. The van der Waals surface area contributed by atoms with E-state index in [2.05, 4.69) is 4.72 Å². The number of carbonyl (C=O) groups is 2. The van der Waals surface area contributed by atoms with Gasteiger partial charge in [-0.05, 0) is 33.3 Å². The summed E-state index contributed by atoms with van der Waals surface area (Å²) in [6.45, 7) is 5.37. The number of ketones is 1. The number of Topliss-reactive ketones (excluding diaryl/α,β-unsaturated/α-hetero) is 1. The molecule has 1 saturated heterocycles. The zero-order valence-electron chi connectivity index (χ0n) is 13.9. The predicted octanol–water partition coefficient (Wildman–Crippen LogP) is 1.10. The van der Waals surface area contributed by atoms with Gasteiger partial charge in [-0.1, -0.05) is 18.2 Å². The van der Waals surface area contributed by atoms with Gasteiger partial charge >= 0.3 is 5.97 Å². The molecule has 0 saturated carbocycles. The molecule has 2 rings (SSSR count). The number of carbonyl (C=O) groups excluding carboxylic acids is 1. The van der Waals surface area contributed by atoms with Crippen LogP contribution in [0.15, 0.2) is 29.2 Å². The molecule has 0 spiro atoms. The number of carboxylic acid groups (broad SMARTS) is 1. The normalized spacial score (nSPS) is 22.0. The molecule has 0 aliphatic carbocycles. The van der Waals surface area contributed by atoms with Crippen molar-refractivity contribution in [2.75, 3.05) is 6.54 Å². The van der Waals surface area contributed by atoms with Crippen molar-refractivity contribution in [2.45, 2.75) is 50.2 Å². The van der Waals surface area contributed by atoms with Crippen LogP contribution in [0.5, 0.6) is 0 Å². The summed E-state index contributed by atoms with van der Waals surface area (Å²) in [4.78, 5) is 24.7. The summed E-state index contributed by atoms with van der Waals surface area (Å²) < 4.78 is 27.8. The fourth-order valence-corrected chi connectivity index (χ4v) is 4.53. The molecule has 1 aliphatic heterocycles. The average Bonchev–Trinajstić information content (AvgIpc) is 2.91. The lowest BCUT2D eigenvalue weighted by atomic mass is 10.1. The van der Waals surface area contributed by atoms with Gasteiger partial charge in [0.1, 0.15) is 6.04 Å². The smallest absolute Gasteiger partial charge is 0.320 e. The molecule has 0 bridgehead atoms. The van der Waals surface area contributed by atoms with E-state index in [0.717, 1.165) is 0 Å². The largest absolute Gasteiger partial charge is 0.480 e. The molecule has 1 aromatic carbocycles. The molecular formula is C16H22N2O5S. The minimum Gasteiger partial charge on any atom is -0.480 e. The number of benzene rings is 1. The summed E-state index contributed by atoms with van der Waals surface area (Å²) in [6, 6.07) is 4.75. The van der Waals surface area contributed by atoms with E-state index in [-0.39, 0.29) is 28.7 Å². The average molecular weight is 354 g/mol. The summed E-state index contributed by atoms with van der Waals surface area (Å²) in [5.74, 6) is -1.30. The van der Waals surface area contributed by atoms with Crippen LogP contribution in [0.25, 0.3) is 0 Å². The molecule has 0 radical (unpaired) electrons. The molecule has 1 aromatic rings. The Morgan fingerprint density at radius 2 is 1.92 bits per heavy atom. The number of sulfonamides is 1. The molecule has 1 fully saturated rings. The highest BCUT2D eigenvalue weighted by atomic mass is 32.2. The van der Waals surface area contributed by atoms with Gasteiger partial charge in [0.2, 0.25) is 10.0 Å². The molecular weight excluding hydrogens is 332 g/mol. The standard InChI is InChI=1S/C16H22N2O5S/c1-10(2)18-9-12(8-14(18)16(20)21)17-24(22,23)15-7-5-4-6-13(15)11(3)19/h4-7,10,12,14,17H,8-9H2,1-3H3,(H,20,21)/t12-,14+/m1/s1. The second-order valence-electron chi connectivity index (χ2n) is 6.25. The van der Waals surface area contributed by atoms with E-state index in [1.807, 2.05) is 13.8 Å². The van der Waals surface area contributed by atoms with E-state index < -0.39 is 28.1 Å². The number of aliphatic carboxylic acids is 1. The van der Waals surface area contributed by atoms with Crippen LogP contribution >= 0.6 is 0 Å². The zero-order valence-corrected chi connectivity index (χ0v) is 14.7. The maximum atomic E-state index is 12.6. The molecule has 132 valence electrons. The SMILES string of the molecule is CC(=O)c1ccccc1S(=O)(=O)N[C@@H]1C[C@@H](C(=O)O)N(C(C)C)C1. The van der Waals surface area contributed by atoms with Crippen molar-refractivity contribution in [3.05, 3.63) is 29.8 Å². The van der Waals surface area contributed by atoms with Crippen LogP contribution < -0.4 is 4.72 Å². The predicted molar refractivity (Wildman–Crippen MR) is 88.4 cm³/mol. The van der Waals surface area contributed by atoms with Gasteiger partial charge in [0.05, 0.1) is 4.90 Å². The number of rotatable bonds is 6. The van der Waals surface area contributed by atoms with E-state index in [1.165, 1.54) is 19.1 Å². The second kappa shape index (κ2) is 7.00. The van der Waals surface area contributed by atoms with Gasteiger partial charge < -0.3 is 5.11 Å². The number of likely N-dealkylation sites (tertiary alicyclic amines) is 1. The third-order valence-corrected chi connectivity index (χ3v) is 5.74. The Bertz CT molecular complexity index is 745. The van der Waals surface area contributed by atoms with Crippen LogP contribution in [-0.2, 0) is 14.8 Å². The molecule has 0 amide bonds. The number of hydrogen-bond donors (Lipinski definition) is 2. The lowest BCUT2D eigenvalue weighted by Gasteiger charge is -2.25. The van der Waals surface area contributed by atoms with Crippen molar-refractivity contribution in [1.82, 2.24) is 9.62 Å². The summed E-state index contributed by atoms with van der Waals surface area (Å²) in [6.07, 6.45) is 0.189. The Labute approximate surface area is 141 Å². The minimum atomic E-state index is -3.91. The lowest BCUT2D eigenvalue weighted by molar-refractivity contribution is -0.142. The second-order valence-corrected chi connectivity index (χ2v) is 7.93. The summed E-state index contributed by atoms with van der Waals surface area (Å²) in [5.41, 5.74) is 0.124. The maximum Gasteiger partial charge on any atom is 0.320 e. The molecule has 0 unspecified atom stereocenters. The van der Waals surface area contributed by atoms with Crippen molar-refractivity contribution in [3.63, 3.8) is 0 Å². The van der Waals surface area contributed by atoms with Crippen LogP contribution in [0.3, 0.4) is 0 Å². The molecule has 1 heterocycles. The van der Waals surface area contributed by atoms with E-state index in [4.69, 9.17) is 0 Å². The Morgan fingerprint density at radius 3 is 2.42 bits per heavy atom. The topological polar surface area (TPSA) is 104 Å². The number of hydrogen-bond acceptors (Lipinski definition) is 5. The quantitative estimate of drug-likeness (QED) is 0.742. The van der Waals surface area contributed by atoms with E-state index in [0.29, 0.717) is 6.54 Å². The van der Waals surface area contributed by atoms with Crippen LogP contribution in [-0.4, -0.2) is 54.8 Å². The van der Waals surface area contributed by atoms with E-state index in [1.54, 1.807) is 17.0 Å². The van der Waals surface area contributed by atoms with Gasteiger partial charge in [-0.2, -0.15) is 0 Å². The lowest BCUT2D eigenvalue weighted by Crippen LogP contribution is -2.41. The first-order valence-corrected chi connectivity index (χ1v) is 9.22. The molecule has 0 aromatic heterocycles. The molecule has 7 nitrogen and oxygen atoms in total. The number of nitrogens with one attached hydrogen (secondary N) is 1. The summed E-state index contributed by atoms with van der Waals surface area (Å²) in [5, 5.41) is 9.32. The first-order chi connectivity index (χ1) is 11.1. The Kier molecular flexibility index (Phi) is 5.42. The summed E-state index contributed by atoms with van der Waals surface area (Å²) >= 11 is 0. The van der Waals surface area contributed by atoms with Crippen molar-refractivity contribution in [3.8, 4) is 0 Å². The van der Waals surface area contributed by atoms with Gasteiger partial charge in [0.15, 0.2) is 5.78 Å².